The van der Waals surface area contributed by atoms with Crippen molar-refractivity contribution in [3.8, 4) is 0 Å². The second-order valence-corrected chi connectivity index (χ2v) is 5.23. The van der Waals surface area contributed by atoms with Crippen LogP contribution in [0.25, 0.3) is 0 Å². The van der Waals surface area contributed by atoms with Gasteiger partial charge in [0.15, 0.2) is 11.6 Å². The fourth-order valence-electron chi connectivity index (χ4n) is 2.13. The molecule has 3 nitrogen and oxygen atoms in total. The Bertz CT molecular complexity index is 470. The highest BCUT2D eigenvalue weighted by molar-refractivity contribution is 7.99. The van der Waals surface area contributed by atoms with Crippen molar-refractivity contribution < 1.29 is 18.3 Å². The molecule has 0 aliphatic carbocycles. The van der Waals surface area contributed by atoms with Crippen LogP contribution in [0.3, 0.4) is 0 Å². The van der Waals surface area contributed by atoms with Crippen LogP contribution in [0.1, 0.15) is 18.1 Å². The summed E-state index contributed by atoms with van der Waals surface area (Å²) in [6.07, 6.45) is 2.10. The molecule has 1 fully saturated rings. The third-order valence-corrected chi connectivity index (χ3v) is 3.54. The minimum absolute atomic E-state index is 0.0735. The van der Waals surface area contributed by atoms with Gasteiger partial charge in [0.1, 0.15) is 6.10 Å². The van der Waals surface area contributed by atoms with Crippen molar-refractivity contribution in [1.82, 2.24) is 5.32 Å². The van der Waals surface area contributed by atoms with Gasteiger partial charge in [0.2, 0.25) is 5.91 Å². The minimum atomic E-state index is -0.901. The Morgan fingerprint density at radius 1 is 1.47 bits per heavy atom. The number of halogens is 2. The summed E-state index contributed by atoms with van der Waals surface area (Å²) >= 11 is 1.43. The van der Waals surface area contributed by atoms with E-state index in [-0.39, 0.29) is 11.9 Å². The third kappa shape index (κ3) is 3.45. The quantitative estimate of drug-likeness (QED) is 0.923. The molecule has 1 aliphatic rings. The normalized spacial score (nSPS) is 22.5. The molecule has 0 spiro atoms. The molecule has 1 amide bonds. The van der Waals surface area contributed by atoms with E-state index >= 15 is 0 Å². The second-order valence-electron chi connectivity index (χ2n) is 4.36. The van der Waals surface area contributed by atoms with Gasteiger partial charge in [-0.1, -0.05) is 6.07 Å². The number of thioether (sulfide) groups is 1. The predicted octanol–water partition coefficient (Wildman–Crippen LogP) is 2.27. The largest absolute Gasteiger partial charge is 0.371 e. The SMILES string of the molecule is CSCC(=O)N[C@@H]1CCO[C@H]1c1ccc(F)c(F)c1. The van der Waals surface area contributed by atoms with Gasteiger partial charge in [-0.15, -0.1) is 0 Å². The zero-order valence-corrected chi connectivity index (χ0v) is 11.3. The second kappa shape index (κ2) is 6.34. The molecule has 2 atom stereocenters. The molecule has 2 rings (SSSR count). The first-order chi connectivity index (χ1) is 9.11. The van der Waals surface area contributed by atoms with Crippen LogP contribution in [0.5, 0.6) is 0 Å². The van der Waals surface area contributed by atoms with Crippen LogP contribution in [-0.2, 0) is 9.53 Å². The molecule has 1 aromatic rings. The topological polar surface area (TPSA) is 38.3 Å². The van der Waals surface area contributed by atoms with Crippen LogP contribution in [-0.4, -0.2) is 30.6 Å². The summed E-state index contributed by atoms with van der Waals surface area (Å²) in [5.74, 6) is -1.48. The summed E-state index contributed by atoms with van der Waals surface area (Å²) in [4.78, 5) is 11.6. The van der Waals surface area contributed by atoms with Gasteiger partial charge in [-0.3, -0.25) is 4.79 Å². The van der Waals surface area contributed by atoms with Crippen molar-refractivity contribution in [1.29, 1.82) is 0 Å². The molecule has 1 N–H and O–H groups in total. The minimum Gasteiger partial charge on any atom is -0.371 e. The zero-order chi connectivity index (χ0) is 13.8. The fourth-order valence-corrected chi connectivity index (χ4v) is 2.48. The monoisotopic (exact) mass is 287 g/mol. The van der Waals surface area contributed by atoms with Gasteiger partial charge in [0, 0.05) is 6.61 Å². The molecule has 1 heterocycles. The van der Waals surface area contributed by atoms with Crippen molar-refractivity contribution in [3.63, 3.8) is 0 Å². The lowest BCUT2D eigenvalue weighted by Crippen LogP contribution is -2.37. The summed E-state index contributed by atoms with van der Waals surface area (Å²) in [6, 6.07) is 3.50. The molecule has 0 bridgehead atoms. The molecule has 0 radical (unpaired) electrons. The Labute approximate surface area is 114 Å². The molecule has 19 heavy (non-hydrogen) atoms. The Morgan fingerprint density at radius 3 is 2.95 bits per heavy atom. The number of carbonyl (C=O) groups is 1. The zero-order valence-electron chi connectivity index (χ0n) is 10.5. The van der Waals surface area contributed by atoms with Crippen LogP contribution in [0.15, 0.2) is 18.2 Å². The van der Waals surface area contributed by atoms with E-state index in [1.807, 2.05) is 6.26 Å². The number of ether oxygens (including phenoxy) is 1. The van der Waals surface area contributed by atoms with Crippen molar-refractivity contribution in [2.24, 2.45) is 0 Å². The number of amides is 1. The average molecular weight is 287 g/mol. The maximum absolute atomic E-state index is 13.2. The number of hydrogen-bond acceptors (Lipinski definition) is 3. The maximum Gasteiger partial charge on any atom is 0.230 e. The van der Waals surface area contributed by atoms with E-state index in [4.69, 9.17) is 4.74 Å². The molecule has 0 aromatic heterocycles. The molecule has 1 aromatic carbocycles. The summed E-state index contributed by atoms with van der Waals surface area (Å²) in [5, 5.41) is 2.86. The van der Waals surface area contributed by atoms with E-state index in [1.54, 1.807) is 0 Å². The first-order valence-electron chi connectivity index (χ1n) is 5.96. The Kier molecular flexibility index (Phi) is 4.76. The summed E-state index contributed by atoms with van der Waals surface area (Å²) < 4.78 is 31.6. The van der Waals surface area contributed by atoms with Gasteiger partial charge in [-0.2, -0.15) is 11.8 Å². The smallest absolute Gasteiger partial charge is 0.230 e. The summed E-state index contributed by atoms with van der Waals surface area (Å²) in [5.41, 5.74) is 0.547. The highest BCUT2D eigenvalue weighted by Gasteiger charge is 2.31. The van der Waals surface area contributed by atoms with Crippen molar-refractivity contribution in [2.75, 3.05) is 18.6 Å². The van der Waals surface area contributed by atoms with Crippen molar-refractivity contribution in [3.05, 3.63) is 35.4 Å². The number of benzene rings is 1. The Morgan fingerprint density at radius 2 is 2.26 bits per heavy atom. The molecule has 0 saturated carbocycles. The lowest BCUT2D eigenvalue weighted by molar-refractivity contribution is -0.119. The lowest BCUT2D eigenvalue weighted by atomic mass is 10.0. The number of carbonyl (C=O) groups excluding carboxylic acids is 1. The summed E-state index contributed by atoms with van der Waals surface area (Å²) in [7, 11) is 0. The average Bonchev–Trinajstić information content (AvgIpc) is 2.81. The number of rotatable bonds is 4. The third-order valence-electron chi connectivity index (χ3n) is 2.99. The van der Waals surface area contributed by atoms with Gasteiger partial charge in [-0.25, -0.2) is 8.78 Å². The van der Waals surface area contributed by atoms with Crippen LogP contribution >= 0.6 is 11.8 Å². The predicted molar refractivity (Wildman–Crippen MR) is 70.0 cm³/mol. The number of hydrogen-bond donors (Lipinski definition) is 1. The molecule has 0 unspecified atom stereocenters. The van der Waals surface area contributed by atoms with Crippen LogP contribution in [0.4, 0.5) is 8.78 Å². The van der Waals surface area contributed by atoms with Crippen LogP contribution < -0.4 is 5.32 Å². The van der Waals surface area contributed by atoms with E-state index in [2.05, 4.69) is 5.32 Å². The molecule has 6 heteroatoms. The first-order valence-corrected chi connectivity index (χ1v) is 7.36. The van der Waals surface area contributed by atoms with Crippen molar-refractivity contribution in [2.45, 2.75) is 18.6 Å². The molecular weight excluding hydrogens is 272 g/mol. The standard InChI is InChI=1S/C13H15F2NO2S/c1-19-7-12(17)16-11-4-5-18-13(11)8-2-3-9(14)10(15)6-8/h2-3,6,11,13H,4-5,7H2,1H3,(H,16,17)/t11-,13+/m1/s1. The van der Waals surface area contributed by atoms with Gasteiger partial charge in [-0.05, 0) is 30.4 Å². The maximum atomic E-state index is 13.2. The van der Waals surface area contributed by atoms with E-state index in [0.717, 1.165) is 12.1 Å². The summed E-state index contributed by atoms with van der Waals surface area (Å²) in [6.45, 7) is 0.494. The Balaban J connectivity index is 2.09. The van der Waals surface area contributed by atoms with Crippen LogP contribution in [0.2, 0.25) is 0 Å². The lowest BCUT2D eigenvalue weighted by Gasteiger charge is -2.20. The molecular formula is C13H15F2NO2S. The van der Waals surface area contributed by atoms with Crippen LogP contribution in [0, 0.1) is 11.6 Å². The highest BCUT2D eigenvalue weighted by Crippen LogP contribution is 2.30. The molecule has 1 aliphatic heterocycles. The van der Waals surface area contributed by atoms with E-state index in [0.29, 0.717) is 24.3 Å². The first kappa shape index (κ1) is 14.3. The molecule has 104 valence electrons. The van der Waals surface area contributed by atoms with Gasteiger partial charge < -0.3 is 10.1 Å². The Hall–Kier alpha value is -1.14. The van der Waals surface area contributed by atoms with Gasteiger partial charge >= 0.3 is 0 Å². The van der Waals surface area contributed by atoms with E-state index in [1.165, 1.54) is 17.8 Å². The number of nitrogens with one attached hydrogen (secondary N) is 1. The van der Waals surface area contributed by atoms with E-state index in [9.17, 15) is 13.6 Å². The van der Waals surface area contributed by atoms with Crippen molar-refractivity contribution >= 4 is 17.7 Å². The van der Waals surface area contributed by atoms with Gasteiger partial charge in [0.05, 0.1) is 11.8 Å². The van der Waals surface area contributed by atoms with E-state index < -0.39 is 17.7 Å². The molecule has 1 saturated heterocycles. The van der Waals surface area contributed by atoms with Gasteiger partial charge in [0.25, 0.3) is 0 Å². The highest BCUT2D eigenvalue weighted by atomic mass is 32.2. The fraction of sp³-hybridized carbons (Fsp3) is 0.462.